The quantitative estimate of drug-likeness (QED) is 0.0442. The molecule has 3 fully saturated rings. The van der Waals surface area contributed by atoms with Crippen molar-refractivity contribution in [2.45, 2.75) is 107 Å². The number of aliphatic hydroxyl groups is 1. The monoisotopic (exact) mass is 1310 g/mol. The summed E-state index contributed by atoms with van der Waals surface area (Å²) in [6.07, 6.45) is -10.2. The molecule has 93 heavy (non-hydrogen) atoms. The number of hydrogen-bond acceptors (Lipinski definition) is 21. The predicted octanol–water partition coefficient (Wildman–Crippen LogP) is 7.25. The standard InChI is InChI=1S/C26H25FN3O8P.C24H22FN3O5.C10H14FN3O3.C2H4O2/c1-35-39(34,36-2)16-14-19-22(38-25(32)18-11-7-4-8-12-18)21(27)24(37-19)30-15-13-20(29-26(30)33)28-23(31)17-9-5-3-6-10-17;1-2-17-20(33-23(30)16-11-7-4-8-12-16)19(25)22(32-17)28-14-13-18(27-24(28)31)26-21(29)15-9-5-3-6-10-15;1-2-5-8(15)7(11)9(17-5)14-4-3-6(12)13-10(14)16;1-2(3)4/h3-16,19,21-22,24H,1-2H3,(H,28,29,31,33);3-14,17,19-20,22H,2H2,1H3,(H,26,27,29,31);3-5,7-9,15H,2H2,1H3,(H2,12,13,16);1H3,(H,3,4)/b16-14+;;;/t19-,21-,22-,24-;17-,19-,20-,22-;5-,7-,8-,9-;/m111./s1. The zero-order valence-electron chi connectivity index (χ0n) is 50.3. The first-order valence-electron chi connectivity index (χ1n) is 28.4. The average molecular weight is 1310 g/mol. The molecule has 31 heteroatoms. The Morgan fingerprint density at radius 2 is 0.935 bits per heavy atom. The number of carboxylic acids is 1. The van der Waals surface area contributed by atoms with Crippen LogP contribution in [0.1, 0.15) is 93.7 Å². The van der Waals surface area contributed by atoms with Gasteiger partial charge in [0.1, 0.15) is 35.8 Å². The van der Waals surface area contributed by atoms with Crippen LogP contribution in [-0.4, -0.2) is 138 Å². The second kappa shape index (κ2) is 33.0. The van der Waals surface area contributed by atoms with Crippen molar-refractivity contribution in [3.8, 4) is 0 Å². The Morgan fingerprint density at radius 1 is 0.570 bits per heavy atom. The predicted molar refractivity (Wildman–Crippen MR) is 327 cm³/mol. The van der Waals surface area contributed by atoms with Gasteiger partial charge in [0.2, 0.25) is 0 Å². The van der Waals surface area contributed by atoms with E-state index in [0.717, 1.165) is 26.4 Å². The summed E-state index contributed by atoms with van der Waals surface area (Å²) in [6.45, 7) is 4.62. The number of hydrogen-bond donors (Lipinski definition) is 5. The van der Waals surface area contributed by atoms with Crippen molar-refractivity contribution < 1.29 is 84.7 Å². The number of carbonyl (C=O) groups excluding carboxylic acids is 4. The number of nitrogens with two attached hydrogens (primary N) is 1. The van der Waals surface area contributed by atoms with Crippen molar-refractivity contribution in [3.05, 3.63) is 224 Å². The number of carboxylic acid groups (broad SMARTS) is 1. The number of nitrogens with zero attached hydrogens (tertiary/aromatic N) is 6. The highest BCUT2D eigenvalue weighted by atomic mass is 31.2. The molecule has 0 unspecified atom stereocenters. The summed E-state index contributed by atoms with van der Waals surface area (Å²) in [4.78, 5) is 107. The Hall–Kier alpha value is -9.81. The number of rotatable bonds is 17. The Morgan fingerprint density at radius 3 is 1.33 bits per heavy atom. The van der Waals surface area contributed by atoms with Crippen molar-refractivity contribution in [2.24, 2.45) is 0 Å². The van der Waals surface area contributed by atoms with Crippen LogP contribution in [0.4, 0.5) is 30.6 Å². The molecule has 0 aliphatic carbocycles. The van der Waals surface area contributed by atoms with E-state index >= 15 is 8.78 Å². The van der Waals surface area contributed by atoms with Gasteiger partial charge in [-0.3, -0.25) is 32.6 Å². The van der Waals surface area contributed by atoms with Crippen molar-refractivity contribution >= 4 is 54.8 Å². The van der Waals surface area contributed by atoms with Crippen molar-refractivity contribution in [2.75, 3.05) is 30.6 Å². The average Bonchev–Trinajstić information content (AvgIpc) is 1.69. The Balaban J connectivity index is 0.000000204. The van der Waals surface area contributed by atoms with Gasteiger partial charge in [0.15, 0.2) is 49.4 Å². The normalized spacial score (nSPS) is 22.9. The minimum Gasteiger partial charge on any atom is -0.481 e. The van der Waals surface area contributed by atoms with Crippen LogP contribution in [0.3, 0.4) is 0 Å². The number of aliphatic hydroxyl groups excluding tert-OH is 1. The van der Waals surface area contributed by atoms with Crippen molar-refractivity contribution in [1.29, 1.82) is 0 Å². The van der Waals surface area contributed by atoms with Crippen molar-refractivity contribution in [3.63, 3.8) is 0 Å². The highest BCUT2D eigenvalue weighted by Gasteiger charge is 2.50. The van der Waals surface area contributed by atoms with Crippen LogP contribution in [0.2, 0.25) is 0 Å². The number of nitrogen functional groups attached to an aromatic ring is 1. The SMILES string of the molecule is CC(=O)O.CC[C@H]1O[C@@H](n2ccc(N)nc2=O)[C@H](F)[C@@H]1O.CC[C@H]1O[C@@H](n2ccc(NC(=O)c3ccccc3)nc2=O)[C@H](F)[C@@H]1OC(=O)c1ccccc1.COP(=O)(/C=C/[C@H]1O[C@@H](n2ccc(NC(=O)c3ccccc3)nc2=O)[C@H](F)[C@@H]1OC(=O)c1ccccc1)OC. The Kier molecular flexibility index (Phi) is 25.0. The van der Waals surface area contributed by atoms with Crippen LogP contribution in [0.5, 0.6) is 0 Å². The van der Waals surface area contributed by atoms with Crippen molar-refractivity contribution in [1.82, 2.24) is 28.7 Å². The van der Waals surface area contributed by atoms with Gasteiger partial charge in [-0.25, -0.2) is 37.1 Å². The highest BCUT2D eigenvalue weighted by Crippen LogP contribution is 2.49. The third kappa shape index (κ3) is 18.5. The van der Waals surface area contributed by atoms with E-state index in [0.29, 0.717) is 29.5 Å². The van der Waals surface area contributed by atoms with Gasteiger partial charge in [0, 0.05) is 56.7 Å². The number of aromatic nitrogens is 6. The molecule has 2 amide bonds. The second-order valence-electron chi connectivity index (χ2n) is 20.2. The summed E-state index contributed by atoms with van der Waals surface area (Å²) in [5, 5.41) is 22.0. The maximum Gasteiger partial charge on any atom is 0.353 e. The van der Waals surface area contributed by atoms with Crippen LogP contribution in [0, 0.1) is 0 Å². The summed E-state index contributed by atoms with van der Waals surface area (Å²) in [7, 11) is -1.33. The maximum atomic E-state index is 15.7. The third-order valence-corrected chi connectivity index (χ3v) is 15.5. The molecule has 0 radical (unpaired) electrons. The molecule has 4 aromatic carbocycles. The molecule has 3 aromatic heterocycles. The minimum atomic E-state index is -3.66. The molecule has 6 heterocycles. The van der Waals surface area contributed by atoms with E-state index < -0.39 is 128 Å². The molecular weight excluding hydrogens is 1250 g/mol. The van der Waals surface area contributed by atoms with E-state index in [1.165, 1.54) is 69.2 Å². The van der Waals surface area contributed by atoms with Gasteiger partial charge < -0.3 is 59.3 Å². The minimum absolute atomic E-state index is 0.0256. The molecular formula is C62H65F3N9O18P. The molecule has 492 valence electrons. The number of aliphatic carboxylic acids is 1. The third-order valence-electron chi connectivity index (χ3n) is 13.9. The first kappa shape index (κ1) is 70.6. The summed E-state index contributed by atoms with van der Waals surface area (Å²) in [5.41, 5.74) is 4.13. The van der Waals surface area contributed by atoms with E-state index in [2.05, 4.69) is 25.6 Å². The number of carbonyl (C=O) groups is 5. The van der Waals surface area contributed by atoms with Gasteiger partial charge in [0.05, 0.1) is 17.2 Å². The van der Waals surface area contributed by atoms with Gasteiger partial charge in [-0.1, -0.05) is 86.6 Å². The number of anilines is 3. The molecule has 6 N–H and O–H groups in total. The molecule has 12 atom stereocenters. The molecule has 0 bridgehead atoms. The summed E-state index contributed by atoms with van der Waals surface area (Å²) >= 11 is 0. The maximum absolute atomic E-state index is 15.7. The van der Waals surface area contributed by atoms with Gasteiger partial charge in [-0.15, -0.1) is 0 Å². The number of esters is 2. The molecule has 0 saturated carbocycles. The van der Waals surface area contributed by atoms with E-state index in [4.69, 9.17) is 48.4 Å². The molecule has 10 rings (SSSR count). The number of benzene rings is 4. The van der Waals surface area contributed by atoms with E-state index in [-0.39, 0.29) is 23.0 Å². The smallest absolute Gasteiger partial charge is 0.353 e. The topological polar surface area (TPSA) is 362 Å². The fourth-order valence-electron chi connectivity index (χ4n) is 9.26. The molecule has 0 spiro atoms. The van der Waals surface area contributed by atoms with E-state index in [1.807, 2.05) is 0 Å². The molecule has 3 aliphatic rings. The highest BCUT2D eigenvalue weighted by molar-refractivity contribution is 7.57. The lowest BCUT2D eigenvalue weighted by molar-refractivity contribution is -0.134. The van der Waals surface area contributed by atoms with E-state index in [9.17, 15) is 47.6 Å². The number of alkyl halides is 3. The number of amides is 2. The number of ether oxygens (including phenoxy) is 5. The van der Waals surface area contributed by atoms with Crippen LogP contribution in [-0.2, 0) is 42.1 Å². The molecule has 3 saturated heterocycles. The van der Waals surface area contributed by atoms with Crippen LogP contribution in [0.15, 0.2) is 184 Å². The van der Waals surface area contributed by atoms with Crippen LogP contribution >= 0.6 is 7.60 Å². The van der Waals surface area contributed by atoms with Crippen LogP contribution < -0.4 is 33.4 Å². The zero-order valence-corrected chi connectivity index (χ0v) is 51.2. The summed E-state index contributed by atoms with van der Waals surface area (Å²) < 4.78 is 97.4. The number of halogens is 3. The lowest BCUT2D eigenvalue weighted by Gasteiger charge is -2.18. The van der Waals surface area contributed by atoms with Gasteiger partial charge in [-0.05, 0) is 85.6 Å². The largest absolute Gasteiger partial charge is 0.481 e. The van der Waals surface area contributed by atoms with Gasteiger partial charge in [0.25, 0.3) is 17.8 Å². The summed E-state index contributed by atoms with van der Waals surface area (Å²) in [5.74, 6) is -2.15. The molecule has 27 nitrogen and oxygen atoms in total. The Labute approximate surface area is 528 Å². The fraction of sp³-hybridized carbons (Fsp3) is 0.306. The first-order valence-corrected chi connectivity index (χ1v) is 30.1. The zero-order chi connectivity index (χ0) is 67.5. The molecule has 3 aliphatic heterocycles. The summed E-state index contributed by atoms with van der Waals surface area (Å²) in [6, 6.07) is 37.0. The number of nitrogens with one attached hydrogen (secondary N) is 2. The van der Waals surface area contributed by atoms with Gasteiger partial charge in [-0.2, -0.15) is 15.0 Å². The van der Waals surface area contributed by atoms with Crippen LogP contribution in [0.25, 0.3) is 0 Å². The van der Waals surface area contributed by atoms with E-state index in [1.54, 1.807) is 123 Å². The molecule has 7 aromatic rings. The lowest BCUT2D eigenvalue weighted by Crippen LogP contribution is -2.36. The first-order chi connectivity index (χ1) is 44.5. The fourth-order valence-corrected chi connectivity index (χ4v) is 10.0. The lowest BCUT2D eigenvalue weighted by atomic mass is 10.1. The second-order valence-corrected chi connectivity index (χ2v) is 22.3. The van der Waals surface area contributed by atoms with Gasteiger partial charge >= 0.3 is 36.6 Å². The Bertz CT molecular complexity index is 3940.